The molecule has 2 aromatic rings. The van der Waals surface area contributed by atoms with E-state index in [-0.39, 0.29) is 25.5 Å². The van der Waals surface area contributed by atoms with Gasteiger partial charge in [0.25, 0.3) is 5.91 Å². The van der Waals surface area contributed by atoms with Gasteiger partial charge in [-0.3, -0.25) is 4.79 Å². The van der Waals surface area contributed by atoms with Crippen LogP contribution in [0.25, 0.3) is 0 Å². The molecule has 2 atom stereocenters. The van der Waals surface area contributed by atoms with Gasteiger partial charge in [-0.2, -0.15) is 0 Å². The first-order valence-corrected chi connectivity index (χ1v) is 7.90. The lowest BCUT2D eigenvalue weighted by Crippen LogP contribution is -2.41. The average molecular weight is 325 g/mol. The number of carbonyl (C=O) groups is 2. The Bertz CT molecular complexity index is 702. The predicted molar refractivity (Wildman–Crippen MR) is 88.1 cm³/mol. The summed E-state index contributed by atoms with van der Waals surface area (Å²) in [6, 6.07) is 17.3. The van der Waals surface area contributed by atoms with Crippen LogP contribution in [0.3, 0.4) is 0 Å². The second kappa shape index (κ2) is 7.27. The Morgan fingerprint density at radius 2 is 1.67 bits per heavy atom. The van der Waals surface area contributed by atoms with Crippen LogP contribution in [0.4, 0.5) is 0 Å². The Labute approximate surface area is 140 Å². The van der Waals surface area contributed by atoms with E-state index in [1.54, 1.807) is 24.3 Å². The fourth-order valence-electron chi connectivity index (χ4n) is 2.83. The first kappa shape index (κ1) is 16.2. The van der Waals surface area contributed by atoms with Crippen molar-refractivity contribution in [2.24, 2.45) is 0 Å². The summed E-state index contributed by atoms with van der Waals surface area (Å²) in [5, 5.41) is 9.90. The zero-order valence-electron chi connectivity index (χ0n) is 13.2. The molecule has 5 heteroatoms. The Kier molecular flexibility index (Phi) is 4.91. The molecule has 3 rings (SSSR count). The highest BCUT2D eigenvalue weighted by atomic mass is 16.5. The van der Waals surface area contributed by atoms with Crippen molar-refractivity contribution in [2.75, 3.05) is 6.54 Å². The fraction of sp³-hybridized carbons (Fsp3) is 0.263. The zero-order valence-corrected chi connectivity index (χ0v) is 13.2. The van der Waals surface area contributed by atoms with Crippen LogP contribution in [0.5, 0.6) is 0 Å². The highest BCUT2D eigenvalue weighted by Gasteiger charge is 2.40. The highest BCUT2D eigenvalue weighted by Crippen LogP contribution is 2.22. The van der Waals surface area contributed by atoms with Gasteiger partial charge in [-0.25, -0.2) is 4.79 Å². The maximum Gasteiger partial charge on any atom is 0.329 e. The Hall–Kier alpha value is -2.66. The molecule has 1 aliphatic rings. The third-order valence-corrected chi connectivity index (χ3v) is 4.06. The average Bonchev–Trinajstić information content (AvgIpc) is 3.02. The van der Waals surface area contributed by atoms with E-state index in [2.05, 4.69) is 0 Å². The van der Waals surface area contributed by atoms with Crippen LogP contribution in [0, 0.1) is 0 Å². The van der Waals surface area contributed by atoms with Crippen molar-refractivity contribution in [1.29, 1.82) is 0 Å². The minimum atomic E-state index is -0.753. The summed E-state index contributed by atoms with van der Waals surface area (Å²) in [5.74, 6) is -0.756. The molecule has 0 radical (unpaired) electrons. The van der Waals surface area contributed by atoms with Crippen molar-refractivity contribution in [3.8, 4) is 0 Å². The number of aliphatic hydroxyl groups is 1. The summed E-state index contributed by atoms with van der Waals surface area (Å²) < 4.78 is 5.33. The van der Waals surface area contributed by atoms with E-state index in [1.807, 2.05) is 36.4 Å². The maximum atomic E-state index is 12.6. The van der Waals surface area contributed by atoms with Crippen LogP contribution in [0.1, 0.15) is 22.3 Å². The molecule has 1 aliphatic heterocycles. The number of benzene rings is 2. The number of β-amino-alcohol motifs (C(OH)–C–C–N with tert-alkyl or cyclic N) is 1. The number of nitrogens with zero attached hydrogens (tertiary/aromatic N) is 1. The van der Waals surface area contributed by atoms with Crippen LogP contribution in [-0.4, -0.2) is 40.6 Å². The summed E-state index contributed by atoms with van der Waals surface area (Å²) in [6.45, 7) is 0.290. The van der Waals surface area contributed by atoms with Crippen LogP contribution < -0.4 is 0 Å². The number of hydrogen-bond donors (Lipinski definition) is 1. The van der Waals surface area contributed by atoms with Gasteiger partial charge in [0.1, 0.15) is 12.6 Å². The second-order valence-corrected chi connectivity index (χ2v) is 5.82. The molecule has 0 unspecified atom stereocenters. The number of hydrogen-bond acceptors (Lipinski definition) is 4. The van der Waals surface area contributed by atoms with Gasteiger partial charge < -0.3 is 14.7 Å². The number of likely N-dealkylation sites (tertiary alicyclic amines) is 1. The van der Waals surface area contributed by atoms with Crippen molar-refractivity contribution in [3.05, 3.63) is 71.8 Å². The summed E-state index contributed by atoms with van der Waals surface area (Å²) >= 11 is 0. The molecule has 0 aromatic heterocycles. The van der Waals surface area contributed by atoms with Crippen LogP contribution in [-0.2, 0) is 16.1 Å². The van der Waals surface area contributed by atoms with Crippen molar-refractivity contribution < 1.29 is 19.4 Å². The number of rotatable bonds is 4. The fourth-order valence-corrected chi connectivity index (χ4v) is 2.83. The molecule has 0 aliphatic carbocycles. The largest absolute Gasteiger partial charge is 0.459 e. The third kappa shape index (κ3) is 3.63. The smallest absolute Gasteiger partial charge is 0.329 e. The van der Waals surface area contributed by atoms with Gasteiger partial charge in [0, 0.05) is 18.5 Å². The molecule has 1 amide bonds. The molecular weight excluding hydrogens is 306 g/mol. The SMILES string of the molecule is O=C(OCc1ccccc1)[C@@H]1C[C@H](O)CN1C(=O)c1ccccc1. The van der Waals surface area contributed by atoms with Crippen molar-refractivity contribution >= 4 is 11.9 Å². The van der Waals surface area contributed by atoms with E-state index in [0.29, 0.717) is 5.56 Å². The standard InChI is InChI=1S/C19H19NO4/c21-16-11-17(19(23)24-13-14-7-3-1-4-8-14)20(12-16)18(22)15-9-5-2-6-10-15/h1-10,16-17,21H,11-13H2/t16-,17-/m0/s1. The van der Waals surface area contributed by atoms with Crippen molar-refractivity contribution in [1.82, 2.24) is 4.90 Å². The van der Waals surface area contributed by atoms with Crippen molar-refractivity contribution in [3.63, 3.8) is 0 Å². The predicted octanol–water partition coefficient (Wildman–Crippen LogP) is 2.01. The molecule has 0 saturated carbocycles. The topological polar surface area (TPSA) is 66.8 Å². The Morgan fingerprint density at radius 1 is 1.04 bits per heavy atom. The number of esters is 1. The van der Waals surface area contributed by atoms with Gasteiger partial charge in [-0.1, -0.05) is 48.5 Å². The quantitative estimate of drug-likeness (QED) is 0.873. The number of aliphatic hydroxyl groups excluding tert-OH is 1. The molecule has 2 aromatic carbocycles. The summed E-state index contributed by atoms with van der Waals surface area (Å²) in [7, 11) is 0. The summed E-state index contributed by atoms with van der Waals surface area (Å²) in [6.07, 6.45) is -0.515. The molecule has 0 spiro atoms. The molecule has 5 nitrogen and oxygen atoms in total. The van der Waals surface area contributed by atoms with E-state index < -0.39 is 18.1 Å². The van der Waals surface area contributed by atoms with Crippen LogP contribution in [0.15, 0.2) is 60.7 Å². The lowest BCUT2D eigenvalue weighted by Gasteiger charge is -2.23. The molecule has 1 fully saturated rings. The lowest BCUT2D eigenvalue weighted by molar-refractivity contribution is -0.149. The molecule has 0 bridgehead atoms. The van der Waals surface area contributed by atoms with Gasteiger partial charge in [0.15, 0.2) is 0 Å². The van der Waals surface area contributed by atoms with Gasteiger partial charge in [0.2, 0.25) is 0 Å². The minimum Gasteiger partial charge on any atom is -0.459 e. The van der Waals surface area contributed by atoms with E-state index in [9.17, 15) is 14.7 Å². The number of amides is 1. The molecule has 124 valence electrons. The normalized spacial score (nSPS) is 20.0. The summed E-state index contributed by atoms with van der Waals surface area (Å²) in [5.41, 5.74) is 1.37. The number of carbonyl (C=O) groups excluding carboxylic acids is 2. The summed E-state index contributed by atoms with van der Waals surface area (Å²) in [4.78, 5) is 26.4. The molecule has 1 saturated heterocycles. The van der Waals surface area contributed by atoms with E-state index >= 15 is 0 Å². The number of ether oxygens (including phenoxy) is 1. The zero-order chi connectivity index (χ0) is 16.9. The van der Waals surface area contributed by atoms with E-state index in [0.717, 1.165) is 5.56 Å². The second-order valence-electron chi connectivity index (χ2n) is 5.82. The molecule has 24 heavy (non-hydrogen) atoms. The van der Waals surface area contributed by atoms with Gasteiger partial charge >= 0.3 is 5.97 Å². The molecule has 1 heterocycles. The first-order chi connectivity index (χ1) is 11.6. The van der Waals surface area contributed by atoms with Crippen LogP contribution >= 0.6 is 0 Å². The van der Waals surface area contributed by atoms with Crippen LogP contribution in [0.2, 0.25) is 0 Å². The third-order valence-electron chi connectivity index (χ3n) is 4.06. The Morgan fingerprint density at radius 3 is 2.33 bits per heavy atom. The Balaban J connectivity index is 1.68. The monoisotopic (exact) mass is 325 g/mol. The van der Waals surface area contributed by atoms with E-state index in [1.165, 1.54) is 4.90 Å². The first-order valence-electron chi connectivity index (χ1n) is 7.90. The van der Waals surface area contributed by atoms with Gasteiger partial charge in [-0.05, 0) is 17.7 Å². The molecular formula is C19H19NO4. The minimum absolute atomic E-state index is 0.138. The highest BCUT2D eigenvalue weighted by molar-refractivity contribution is 5.97. The van der Waals surface area contributed by atoms with Gasteiger partial charge in [0.05, 0.1) is 6.10 Å². The molecule has 1 N–H and O–H groups in total. The lowest BCUT2D eigenvalue weighted by atomic mass is 10.1. The maximum absolute atomic E-state index is 12.6. The van der Waals surface area contributed by atoms with E-state index in [4.69, 9.17) is 4.74 Å². The van der Waals surface area contributed by atoms with Crippen molar-refractivity contribution in [2.45, 2.75) is 25.2 Å². The van der Waals surface area contributed by atoms with Gasteiger partial charge in [-0.15, -0.1) is 0 Å².